The van der Waals surface area contributed by atoms with Gasteiger partial charge in [-0.1, -0.05) is 24.3 Å². The standard InChI is InChI=1S/C10H8N2O/c11-12-10-6-8(13)5-7-3-1-2-4-9(7)10/h1-6,11,13H. The first-order valence-electron chi connectivity index (χ1n) is 3.90. The summed E-state index contributed by atoms with van der Waals surface area (Å²) in [4.78, 5) is 0. The van der Waals surface area contributed by atoms with E-state index in [1.807, 2.05) is 24.3 Å². The van der Waals surface area contributed by atoms with Crippen LogP contribution in [0.5, 0.6) is 5.75 Å². The Morgan fingerprint density at radius 1 is 1.15 bits per heavy atom. The van der Waals surface area contributed by atoms with Crippen molar-refractivity contribution in [1.82, 2.24) is 0 Å². The number of phenols is 1. The molecule has 0 unspecified atom stereocenters. The molecular formula is C10H8N2O. The number of aromatic hydroxyl groups is 1. The van der Waals surface area contributed by atoms with E-state index in [4.69, 9.17) is 5.53 Å². The lowest BCUT2D eigenvalue weighted by Crippen LogP contribution is -1.73. The normalized spacial score (nSPS) is 10.2. The highest BCUT2D eigenvalue weighted by Crippen LogP contribution is 2.30. The molecule has 0 aromatic heterocycles. The van der Waals surface area contributed by atoms with Crippen molar-refractivity contribution in [3.63, 3.8) is 0 Å². The molecule has 0 aliphatic rings. The van der Waals surface area contributed by atoms with Gasteiger partial charge in [-0.25, -0.2) is 5.53 Å². The first kappa shape index (κ1) is 7.73. The van der Waals surface area contributed by atoms with Crippen molar-refractivity contribution in [3.05, 3.63) is 36.4 Å². The second kappa shape index (κ2) is 2.86. The van der Waals surface area contributed by atoms with Crippen LogP contribution < -0.4 is 0 Å². The molecule has 2 rings (SSSR count). The fraction of sp³-hybridized carbons (Fsp3) is 0. The van der Waals surface area contributed by atoms with E-state index in [0.717, 1.165) is 10.8 Å². The summed E-state index contributed by atoms with van der Waals surface area (Å²) in [7, 11) is 0. The molecule has 2 aromatic carbocycles. The van der Waals surface area contributed by atoms with Crippen LogP contribution in [0.3, 0.4) is 0 Å². The van der Waals surface area contributed by atoms with E-state index < -0.39 is 0 Å². The van der Waals surface area contributed by atoms with E-state index in [9.17, 15) is 5.11 Å². The highest BCUT2D eigenvalue weighted by atomic mass is 16.3. The van der Waals surface area contributed by atoms with Crippen molar-refractivity contribution in [2.24, 2.45) is 5.11 Å². The molecule has 0 amide bonds. The molecule has 0 aliphatic heterocycles. The fourth-order valence-electron chi connectivity index (χ4n) is 1.37. The van der Waals surface area contributed by atoms with Gasteiger partial charge in [-0.2, -0.15) is 5.11 Å². The van der Waals surface area contributed by atoms with Crippen molar-refractivity contribution >= 4 is 16.5 Å². The average Bonchev–Trinajstić information content (AvgIpc) is 2.16. The van der Waals surface area contributed by atoms with Crippen LogP contribution in [0.15, 0.2) is 41.5 Å². The van der Waals surface area contributed by atoms with Crippen molar-refractivity contribution in [1.29, 1.82) is 5.53 Å². The molecule has 2 N–H and O–H groups in total. The summed E-state index contributed by atoms with van der Waals surface area (Å²) in [6, 6.07) is 10.7. The van der Waals surface area contributed by atoms with Gasteiger partial charge in [-0.15, -0.1) is 0 Å². The number of phenolic OH excluding ortho intramolecular Hbond substituents is 1. The lowest BCUT2D eigenvalue weighted by atomic mass is 10.1. The smallest absolute Gasteiger partial charge is 0.118 e. The van der Waals surface area contributed by atoms with Gasteiger partial charge in [0.1, 0.15) is 5.75 Å². The number of nitrogens with zero attached hydrogens (tertiary/aromatic N) is 1. The van der Waals surface area contributed by atoms with Crippen molar-refractivity contribution in [2.75, 3.05) is 0 Å². The van der Waals surface area contributed by atoms with Crippen LogP contribution in [0.25, 0.3) is 10.8 Å². The molecule has 0 atom stereocenters. The molecule has 0 spiro atoms. The quantitative estimate of drug-likeness (QED) is 0.637. The molecule has 3 heteroatoms. The number of rotatable bonds is 1. The Morgan fingerprint density at radius 2 is 1.92 bits per heavy atom. The van der Waals surface area contributed by atoms with Gasteiger partial charge >= 0.3 is 0 Å². The predicted octanol–water partition coefficient (Wildman–Crippen LogP) is 3.21. The molecule has 0 bridgehead atoms. The minimum atomic E-state index is 0.143. The zero-order valence-corrected chi connectivity index (χ0v) is 6.86. The highest BCUT2D eigenvalue weighted by Gasteiger charge is 2.00. The number of fused-ring (bicyclic) bond motifs is 1. The van der Waals surface area contributed by atoms with Crippen LogP contribution >= 0.6 is 0 Å². The Bertz CT molecular complexity index is 465. The van der Waals surface area contributed by atoms with Crippen LogP contribution in [0, 0.1) is 5.53 Å². The first-order chi connectivity index (χ1) is 6.31. The number of hydrogen-bond donors (Lipinski definition) is 2. The van der Waals surface area contributed by atoms with Crippen LogP contribution in [-0.2, 0) is 0 Å². The SMILES string of the molecule is N=Nc1cc(O)cc2ccccc12. The molecule has 0 radical (unpaired) electrons. The minimum absolute atomic E-state index is 0.143. The Balaban J connectivity index is 2.89. The van der Waals surface area contributed by atoms with E-state index in [-0.39, 0.29) is 5.75 Å². The summed E-state index contributed by atoms with van der Waals surface area (Å²) in [6.07, 6.45) is 0. The van der Waals surface area contributed by atoms with E-state index in [1.54, 1.807) is 6.07 Å². The van der Waals surface area contributed by atoms with Gasteiger partial charge in [-0.05, 0) is 11.5 Å². The molecule has 0 saturated carbocycles. The summed E-state index contributed by atoms with van der Waals surface area (Å²) in [6.45, 7) is 0. The zero-order chi connectivity index (χ0) is 9.26. The van der Waals surface area contributed by atoms with Crippen LogP contribution in [0.2, 0.25) is 0 Å². The maximum atomic E-state index is 9.30. The molecule has 0 heterocycles. The molecule has 13 heavy (non-hydrogen) atoms. The summed E-state index contributed by atoms with van der Waals surface area (Å²) in [5, 5.41) is 14.4. The van der Waals surface area contributed by atoms with E-state index >= 15 is 0 Å². The lowest BCUT2D eigenvalue weighted by molar-refractivity contribution is 0.476. The van der Waals surface area contributed by atoms with Crippen LogP contribution in [-0.4, -0.2) is 5.11 Å². The Kier molecular flexibility index (Phi) is 1.70. The van der Waals surface area contributed by atoms with Gasteiger partial charge in [-0.3, -0.25) is 0 Å². The molecule has 3 nitrogen and oxygen atoms in total. The lowest BCUT2D eigenvalue weighted by Gasteiger charge is -2.01. The minimum Gasteiger partial charge on any atom is -0.508 e. The number of hydrogen-bond acceptors (Lipinski definition) is 3. The summed E-state index contributed by atoms with van der Waals surface area (Å²) >= 11 is 0. The van der Waals surface area contributed by atoms with Gasteiger partial charge < -0.3 is 5.11 Å². The summed E-state index contributed by atoms with van der Waals surface area (Å²) in [5.74, 6) is 0.143. The third-order valence-corrected chi connectivity index (χ3v) is 1.95. The second-order valence-corrected chi connectivity index (χ2v) is 2.80. The Labute approximate surface area is 75.1 Å². The van der Waals surface area contributed by atoms with E-state index in [0.29, 0.717) is 5.69 Å². The summed E-state index contributed by atoms with van der Waals surface area (Å²) < 4.78 is 0. The predicted molar refractivity (Wildman–Crippen MR) is 50.4 cm³/mol. The van der Waals surface area contributed by atoms with Crippen LogP contribution in [0.1, 0.15) is 0 Å². The van der Waals surface area contributed by atoms with Gasteiger partial charge in [0.2, 0.25) is 0 Å². The zero-order valence-electron chi connectivity index (χ0n) is 6.86. The van der Waals surface area contributed by atoms with Gasteiger partial charge in [0, 0.05) is 11.5 Å². The molecule has 2 aromatic rings. The fourth-order valence-corrected chi connectivity index (χ4v) is 1.37. The maximum absolute atomic E-state index is 9.30. The van der Waals surface area contributed by atoms with Crippen molar-refractivity contribution in [3.8, 4) is 5.75 Å². The van der Waals surface area contributed by atoms with Crippen molar-refractivity contribution < 1.29 is 5.11 Å². The number of nitrogens with one attached hydrogen (secondary N) is 1. The maximum Gasteiger partial charge on any atom is 0.118 e. The third-order valence-electron chi connectivity index (χ3n) is 1.95. The van der Waals surface area contributed by atoms with Crippen molar-refractivity contribution in [2.45, 2.75) is 0 Å². The van der Waals surface area contributed by atoms with E-state index in [1.165, 1.54) is 6.07 Å². The molecular weight excluding hydrogens is 164 g/mol. The Hall–Kier alpha value is -1.90. The Morgan fingerprint density at radius 3 is 2.69 bits per heavy atom. The monoisotopic (exact) mass is 172 g/mol. The third kappa shape index (κ3) is 1.24. The average molecular weight is 172 g/mol. The largest absolute Gasteiger partial charge is 0.508 e. The second-order valence-electron chi connectivity index (χ2n) is 2.80. The molecule has 0 fully saturated rings. The summed E-state index contributed by atoms with van der Waals surface area (Å²) in [5.41, 5.74) is 7.43. The first-order valence-corrected chi connectivity index (χ1v) is 3.90. The molecule has 0 saturated heterocycles. The molecule has 0 aliphatic carbocycles. The van der Waals surface area contributed by atoms with Gasteiger partial charge in [0.25, 0.3) is 0 Å². The van der Waals surface area contributed by atoms with Gasteiger partial charge in [0.05, 0.1) is 5.69 Å². The highest BCUT2D eigenvalue weighted by molar-refractivity contribution is 5.93. The number of benzene rings is 2. The van der Waals surface area contributed by atoms with E-state index in [2.05, 4.69) is 5.11 Å². The van der Waals surface area contributed by atoms with Crippen LogP contribution in [0.4, 0.5) is 5.69 Å². The van der Waals surface area contributed by atoms with Gasteiger partial charge in [0.15, 0.2) is 0 Å². The topological polar surface area (TPSA) is 56.4 Å². The molecule has 64 valence electrons.